The lowest BCUT2D eigenvalue weighted by atomic mass is 9.96. The van der Waals surface area contributed by atoms with Crippen LogP contribution in [-0.4, -0.2) is 48.2 Å². The molecular formula is C132H78N10OS. The minimum Gasteiger partial charge on any atom is -0.454 e. The molecule has 11 nitrogen and oxygen atoms in total. The van der Waals surface area contributed by atoms with Crippen LogP contribution < -0.4 is 0 Å². The molecule has 0 spiro atoms. The molecule has 0 amide bonds. The van der Waals surface area contributed by atoms with E-state index in [9.17, 15) is 0 Å². The second kappa shape index (κ2) is 32.2. The fraction of sp³-hybridized carbons (Fsp3) is 0. The molecule has 144 heavy (non-hydrogen) atoms. The number of benzene rings is 23. The van der Waals surface area contributed by atoms with Crippen LogP contribution in [0.4, 0.5) is 0 Å². The average Bonchev–Trinajstić information content (AvgIpc) is 1.48. The van der Waals surface area contributed by atoms with Crippen molar-refractivity contribution in [1.82, 2.24) is 48.2 Å². The van der Waals surface area contributed by atoms with Gasteiger partial charge in [0.15, 0.2) is 11.4 Å². The van der Waals surface area contributed by atoms with Crippen LogP contribution in [0.25, 0.3) is 295 Å². The molecule has 12 heteroatoms. The number of aromatic nitrogens is 10. The lowest BCUT2D eigenvalue weighted by molar-refractivity contribution is 0.671. The van der Waals surface area contributed by atoms with Gasteiger partial charge in [-0.1, -0.05) is 382 Å². The number of furan rings is 1. The van der Waals surface area contributed by atoms with Gasteiger partial charge in [-0.3, -0.25) is 9.13 Å². The Kier molecular flexibility index (Phi) is 18.1. The Labute approximate surface area is 826 Å². The second-order valence-electron chi connectivity index (χ2n) is 37.2. The first-order chi connectivity index (χ1) is 71.5. The second-order valence-corrected chi connectivity index (χ2v) is 38.3. The van der Waals surface area contributed by atoms with E-state index in [4.69, 9.17) is 34.3 Å². The molecule has 0 bridgehead atoms. The monoisotopic (exact) mass is 1850 g/mol. The average molecular weight is 1850 g/mol. The minimum atomic E-state index is 0.652. The topological polar surface area (TPSA) is 110 Å². The molecule has 0 unspecified atom stereocenters. The van der Waals surface area contributed by atoms with Crippen molar-refractivity contribution < 1.29 is 4.42 Å². The first kappa shape index (κ1) is 80.9. The number of rotatable bonds is 8. The molecule has 32 aromatic rings. The summed E-state index contributed by atoms with van der Waals surface area (Å²) in [6.45, 7) is 0. The third-order valence-electron chi connectivity index (χ3n) is 29.4. The van der Waals surface area contributed by atoms with Gasteiger partial charge in [-0.15, -0.1) is 11.3 Å². The van der Waals surface area contributed by atoms with E-state index in [1.54, 1.807) is 0 Å². The highest BCUT2D eigenvalue weighted by atomic mass is 32.1. The molecule has 23 aromatic carbocycles. The highest BCUT2D eigenvalue weighted by Gasteiger charge is 2.32. The van der Waals surface area contributed by atoms with Crippen LogP contribution in [0.1, 0.15) is 0 Å². The Morgan fingerprint density at radius 1 is 0.188 bits per heavy atom. The SMILES string of the molecule is c1ccc(-c2nc(-c3ccc(-n4c5ccc6ccccc6c5c5c6ccccc6c6c7ccccc7oc6c54)cc3)nc3ccccc23)cc1.c1ccc(-c2nc(-n3c4ccc5ccccc5c4c4c5ccccc5c5c6ccccc6n(-c6ccccc6)c5c43)nc3ccccc23)cc1.c1ccc(-c2nc(-n3c4ccc5ccccc5c4c4c5ccccc5c5c6ccccc6sc5c43)nc3ccccc23)cc1. The van der Waals surface area contributed by atoms with Crippen LogP contribution in [0.2, 0.25) is 0 Å². The maximum Gasteiger partial charge on any atom is 0.235 e. The van der Waals surface area contributed by atoms with E-state index < -0.39 is 0 Å². The van der Waals surface area contributed by atoms with Crippen molar-refractivity contribution >= 4 is 238 Å². The summed E-state index contributed by atoms with van der Waals surface area (Å²) >= 11 is 1.86. The standard InChI is InChI=1S/C46H28N4.C46H27N3O.C40H23N3S/c1-3-16-30(17-4-1)43-35-23-11-13-25-37(35)47-46(48-43)50-39-28-27-29-15-7-8-20-32(29)41(39)42-34-22-10-9-21-33(34)40-36-24-12-14-26-38(36)49(44(40)45(42)50)31-18-5-2-6-19-31;1-2-13-29(14-3-1)43-35-18-8-10-20-37(35)47-46(48-43)30-22-25-31(26-23-30)49-38-27-24-28-12-4-5-15-32(28)41(38)42-34-17-7-6-16-33(34)40-36-19-9-11-21-39(36)50-45(40)44(42)49;1-2-13-25(14-3-1)37-29-18-8-10-20-31(29)41-40(42-37)43-32-23-22-24-12-4-5-15-26(24)35(32)36-28-17-7-6-16-27(28)34-30-19-9-11-21-33(30)44-39(34)38(36)43/h1-28H;1-27H;1-23H. The molecule has 0 saturated heterocycles. The molecule has 0 aliphatic carbocycles. The molecule has 9 heterocycles. The van der Waals surface area contributed by atoms with Crippen LogP contribution in [-0.2, 0) is 0 Å². The zero-order chi connectivity index (χ0) is 94.3. The van der Waals surface area contributed by atoms with Crippen molar-refractivity contribution in [3.05, 3.63) is 473 Å². The van der Waals surface area contributed by atoms with Gasteiger partial charge in [0.05, 0.1) is 82.5 Å². The van der Waals surface area contributed by atoms with Gasteiger partial charge >= 0.3 is 0 Å². The largest absolute Gasteiger partial charge is 0.454 e. The number of hydrogen-bond acceptors (Lipinski definition) is 8. The predicted octanol–water partition coefficient (Wildman–Crippen LogP) is 35.1. The third-order valence-corrected chi connectivity index (χ3v) is 30.6. The summed E-state index contributed by atoms with van der Waals surface area (Å²) in [6.07, 6.45) is 0. The van der Waals surface area contributed by atoms with Crippen molar-refractivity contribution in [2.75, 3.05) is 0 Å². The highest BCUT2D eigenvalue weighted by molar-refractivity contribution is 7.27. The quantitative estimate of drug-likeness (QED) is 0.149. The van der Waals surface area contributed by atoms with Crippen LogP contribution in [0.3, 0.4) is 0 Å². The Balaban J connectivity index is 0.000000101. The number of thiophene rings is 1. The molecule has 668 valence electrons. The summed E-state index contributed by atoms with van der Waals surface area (Å²) < 4.78 is 18.9. The van der Waals surface area contributed by atoms with E-state index in [0.717, 1.165) is 144 Å². The van der Waals surface area contributed by atoms with Crippen molar-refractivity contribution in [2.45, 2.75) is 0 Å². The van der Waals surface area contributed by atoms with Gasteiger partial charge in [0.2, 0.25) is 11.9 Å². The summed E-state index contributed by atoms with van der Waals surface area (Å²) in [5.74, 6) is 2.04. The van der Waals surface area contributed by atoms with E-state index in [-0.39, 0.29) is 0 Å². The summed E-state index contributed by atoms with van der Waals surface area (Å²) in [4.78, 5) is 31.7. The molecule has 9 aromatic heterocycles. The number of para-hydroxylation sites is 6. The summed E-state index contributed by atoms with van der Waals surface area (Å²) in [6, 6.07) is 168. The Morgan fingerprint density at radius 3 is 1.05 bits per heavy atom. The van der Waals surface area contributed by atoms with Gasteiger partial charge < -0.3 is 13.6 Å². The van der Waals surface area contributed by atoms with E-state index in [0.29, 0.717) is 17.7 Å². The molecule has 0 radical (unpaired) electrons. The van der Waals surface area contributed by atoms with E-state index >= 15 is 0 Å². The van der Waals surface area contributed by atoms with Crippen LogP contribution in [0.5, 0.6) is 0 Å². The maximum atomic E-state index is 6.83. The molecule has 32 rings (SSSR count). The molecule has 0 atom stereocenters. The molecule has 0 aliphatic rings. The smallest absolute Gasteiger partial charge is 0.235 e. The van der Waals surface area contributed by atoms with Crippen molar-refractivity contribution in [1.29, 1.82) is 0 Å². The fourth-order valence-electron chi connectivity index (χ4n) is 23.3. The van der Waals surface area contributed by atoms with Gasteiger partial charge in [-0.2, -0.15) is 0 Å². The van der Waals surface area contributed by atoms with E-state index in [1.807, 2.05) is 35.6 Å². The van der Waals surface area contributed by atoms with Crippen molar-refractivity contribution in [3.63, 3.8) is 0 Å². The van der Waals surface area contributed by atoms with Crippen LogP contribution in [0.15, 0.2) is 478 Å². The number of nitrogens with zero attached hydrogens (tertiary/aromatic N) is 10. The van der Waals surface area contributed by atoms with Crippen molar-refractivity contribution in [2.24, 2.45) is 0 Å². The highest BCUT2D eigenvalue weighted by Crippen LogP contribution is 2.54. The predicted molar refractivity (Wildman–Crippen MR) is 603 cm³/mol. The normalized spacial score (nSPS) is 12.0. The molecule has 0 N–H and O–H groups in total. The van der Waals surface area contributed by atoms with E-state index in [1.165, 1.54) is 133 Å². The zero-order valence-electron chi connectivity index (χ0n) is 77.3. The molecule has 0 saturated carbocycles. The molecule has 0 aliphatic heterocycles. The summed E-state index contributed by atoms with van der Waals surface area (Å²) in [5, 5.41) is 32.5. The van der Waals surface area contributed by atoms with Gasteiger partial charge in [-0.05, 0) is 156 Å². The first-order valence-corrected chi connectivity index (χ1v) is 49.6. The Hall–Kier alpha value is -19.1. The first-order valence-electron chi connectivity index (χ1n) is 48.8. The van der Waals surface area contributed by atoms with Gasteiger partial charge in [0, 0.05) is 119 Å². The zero-order valence-corrected chi connectivity index (χ0v) is 78.1. The fourth-order valence-corrected chi connectivity index (χ4v) is 24.6. The summed E-state index contributed by atoms with van der Waals surface area (Å²) in [7, 11) is 0. The lowest BCUT2D eigenvalue weighted by Gasteiger charge is -2.14. The third kappa shape index (κ3) is 12.3. The maximum absolute atomic E-state index is 6.83. The van der Waals surface area contributed by atoms with E-state index in [2.05, 4.69) is 467 Å². The number of hydrogen-bond donors (Lipinski definition) is 0. The lowest BCUT2D eigenvalue weighted by Crippen LogP contribution is -2.05. The van der Waals surface area contributed by atoms with Gasteiger partial charge in [0.1, 0.15) is 5.58 Å². The Morgan fingerprint density at radius 2 is 0.535 bits per heavy atom. The van der Waals surface area contributed by atoms with Crippen molar-refractivity contribution in [3.8, 4) is 68.4 Å². The molecule has 0 fully saturated rings. The van der Waals surface area contributed by atoms with Crippen LogP contribution in [0, 0.1) is 0 Å². The Bertz CT molecular complexity index is 11000. The van der Waals surface area contributed by atoms with Crippen LogP contribution >= 0.6 is 11.3 Å². The van der Waals surface area contributed by atoms with Gasteiger partial charge in [0.25, 0.3) is 0 Å². The van der Waals surface area contributed by atoms with Gasteiger partial charge in [-0.25, -0.2) is 29.9 Å². The minimum absolute atomic E-state index is 0.652. The molecular weight excluding hydrogens is 1770 g/mol. The number of fused-ring (bicyclic) bond motifs is 39. The summed E-state index contributed by atoms with van der Waals surface area (Å²) in [5.41, 5.74) is 22.7.